The lowest BCUT2D eigenvalue weighted by molar-refractivity contribution is 0.429. The Labute approximate surface area is 95.6 Å². The number of rotatable bonds is 3. The molecule has 0 fully saturated rings. The minimum Gasteiger partial charge on any atom is -0.312 e. The van der Waals surface area contributed by atoms with Gasteiger partial charge >= 0.3 is 0 Å². The first-order valence-electron chi connectivity index (χ1n) is 5.07. The van der Waals surface area contributed by atoms with E-state index < -0.39 is 0 Å². The van der Waals surface area contributed by atoms with Crippen molar-refractivity contribution in [3.63, 3.8) is 0 Å². The molecule has 1 aromatic carbocycles. The molecule has 0 bridgehead atoms. The van der Waals surface area contributed by atoms with Gasteiger partial charge in [0.2, 0.25) is 0 Å². The van der Waals surface area contributed by atoms with Crippen molar-refractivity contribution >= 4 is 11.6 Å². The van der Waals surface area contributed by atoms with Crippen molar-refractivity contribution in [1.29, 1.82) is 0 Å². The van der Waals surface area contributed by atoms with Gasteiger partial charge in [0, 0.05) is 5.54 Å². The van der Waals surface area contributed by atoms with Crippen LogP contribution in [-0.4, -0.2) is 12.1 Å². The number of hydrogen-bond acceptors (Lipinski definition) is 1. The summed E-state index contributed by atoms with van der Waals surface area (Å²) < 4.78 is 13.1. The molecule has 1 rings (SSSR count). The molecule has 15 heavy (non-hydrogen) atoms. The minimum atomic E-state index is -0.343. The smallest absolute Gasteiger partial charge is 0.142 e. The number of hydrogen-bond donors (Lipinski definition) is 1. The van der Waals surface area contributed by atoms with Crippen LogP contribution in [0.3, 0.4) is 0 Å². The van der Waals surface area contributed by atoms with Crippen molar-refractivity contribution in [2.24, 2.45) is 0 Å². The van der Waals surface area contributed by atoms with Crippen LogP contribution in [0.25, 0.3) is 0 Å². The van der Waals surface area contributed by atoms with Crippen LogP contribution in [0.4, 0.5) is 4.39 Å². The SMILES string of the molecule is CC(C)(C)NCCc1ccc(Cl)c(F)c1. The highest BCUT2D eigenvalue weighted by atomic mass is 35.5. The van der Waals surface area contributed by atoms with Gasteiger partial charge in [0.1, 0.15) is 5.82 Å². The molecule has 1 nitrogen and oxygen atoms in total. The zero-order chi connectivity index (χ0) is 11.5. The monoisotopic (exact) mass is 229 g/mol. The Morgan fingerprint density at radius 2 is 2.00 bits per heavy atom. The van der Waals surface area contributed by atoms with E-state index >= 15 is 0 Å². The van der Waals surface area contributed by atoms with Crippen LogP contribution in [0.15, 0.2) is 18.2 Å². The Kier molecular flexibility index (Phi) is 4.12. The summed E-state index contributed by atoms with van der Waals surface area (Å²) in [5.41, 5.74) is 1.07. The molecule has 0 unspecified atom stereocenters. The summed E-state index contributed by atoms with van der Waals surface area (Å²) in [6, 6.07) is 4.95. The van der Waals surface area contributed by atoms with Crippen molar-refractivity contribution in [3.05, 3.63) is 34.6 Å². The van der Waals surface area contributed by atoms with Gasteiger partial charge < -0.3 is 5.32 Å². The summed E-state index contributed by atoms with van der Waals surface area (Å²) >= 11 is 5.60. The van der Waals surface area contributed by atoms with Gasteiger partial charge in [-0.25, -0.2) is 4.39 Å². The number of benzene rings is 1. The summed E-state index contributed by atoms with van der Waals surface area (Å²) in [6.45, 7) is 7.16. The van der Waals surface area contributed by atoms with Crippen LogP contribution in [0.1, 0.15) is 26.3 Å². The fraction of sp³-hybridized carbons (Fsp3) is 0.500. The van der Waals surface area contributed by atoms with E-state index in [-0.39, 0.29) is 16.4 Å². The van der Waals surface area contributed by atoms with E-state index in [4.69, 9.17) is 11.6 Å². The number of nitrogens with one attached hydrogen (secondary N) is 1. The largest absolute Gasteiger partial charge is 0.312 e. The Hall–Kier alpha value is -0.600. The maximum Gasteiger partial charge on any atom is 0.142 e. The van der Waals surface area contributed by atoms with Crippen LogP contribution in [0.2, 0.25) is 5.02 Å². The van der Waals surface area contributed by atoms with E-state index in [1.807, 2.05) is 6.07 Å². The third-order valence-electron chi connectivity index (χ3n) is 2.05. The first-order valence-corrected chi connectivity index (χ1v) is 5.45. The van der Waals surface area contributed by atoms with E-state index in [1.54, 1.807) is 6.07 Å². The van der Waals surface area contributed by atoms with Gasteiger partial charge in [0.15, 0.2) is 0 Å². The zero-order valence-corrected chi connectivity index (χ0v) is 10.2. The second kappa shape index (κ2) is 4.95. The Morgan fingerprint density at radius 1 is 1.33 bits per heavy atom. The third kappa shape index (κ3) is 4.63. The standard InChI is InChI=1S/C12H17ClFN/c1-12(2,3)15-7-6-9-4-5-10(13)11(14)8-9/h4-5,8,15H,6-7H2,1-3H3. The molecule has 0 aromatic heterocycles. The fourth-order valence-electron chi connectivity index (χ4n) is 1.28. The molecule has 1 aromatic rings. The van der Waals surface area contributed by atoms with E-state index in [2.05, 4.69) is 26.1 Å². The highest BCUT2D eigenvalue weighted by Gasteiger charge is 2.08. The molecule has 0 aliphatic carbocycles. The molecule has 1 N–H and O–H groups in total. The highest BCUT2D eigenvalue weighted by molar-refractivity contribution is 6.30. The summed E-state index contributed by atoms with van der Waals surface area (Å²) in [4.78, 5) is 0. The topological polar surface area (TPSA) is 12.0 Å². The van der Waals surface area contributed by atoms with Crippen LogP contribution in [0.5, 0.6) is 0 Å². The minimum absolute atomic E-state index is 0.102. The lowest BCUT2D eigenvalue weighted by Crippen LogP contribution is -2.37. The van der Waals surface area contributed by atoms with Crippen LogP contribution in [-0.2, 0) is 6.42 Å². The predicted molar refractivity (Wildman–Crippen MR) is 62.9 cm³/mol. The summed E-state index contributed by atoms with van der Waals surface area (Å²) in [7, 11) is 0. The van der Waals surface area contributed by atoms with Gasteiger partial charge in [-0.05, 0) is 51.4 Å². The lowest BCUT2D eigenvalue weighted by atomic mass is 10.1. The van der Waals surface area contributed by atoms with Gasteiger partial charge in [0.05, 0.1) is 5.02 Å². The summed E-state index contributed by atoms with van der Waals surface area (Å²) in [5, 5.41) is 3.53. The average Bonchev–Trinajstić information content (AvgIpc) is 2.09. The Balaban J connectivity index is 2.48. The van der Waals surface area contributed by atoms with Gasteiger partial charge in [-0.2, -0.15) is 0 Å². The van der Waals surface area contributed by atoms with Crippen molar-refractivity contribution in [2.45, 2.75) is 32.7 Å². The molecule has 0 saturated heterocycles. The third-order valence-corrected chi connectivity index (χ3v) is 2.36. The molecule has 0 aliphatic heterocycles. The van der Waals surface area contributed by atoms with Crippen molar-refractivity contribution in [3.8, 4) is 0 Å². The first kappa shape index (κ1) is 12.5. The molecule has 0 aliphatic rings. The average molecular weight is 230 g/mol. The first-order chi connectivity index (χ1) is 6.88. The van der Waals surface area contributed by atoms with Gasteiger partial charge in [-0.1, -0.05) is 17.7 Å². The lowest BCUT2D eigenvalue weighted by Gasteiger charge is -2.20. The molecule has 0 saturated carbocycles. The van der Waals surface area contributed by atoms with E-state index in [0.29, 0.717) is 0 Å². The van der Waals surface area contributed by atoms with Gasteiger partial charge in [0.25, 0.3) is 0 Å². The molecule has 84 valence electrons. The molecule has 0 atom stereocenters. The number of halogens is 2. The molecule has 0 spiro atoms. The van der Waals surface area contributed by atoms with Crippen LogP contribution in [0, 0.1) is 5.82 Å². The maximum atomic E-state index is 13.1. The quantitative estimate of drug-likeness (QED) is 0.838. The summed E-state index contributed by atoms with van der Waals surface area (Å²) in [5.74, 6) is -0.343. The second-order valence-electron chi connectivity index (χ2n) is 4.68. The van der Waals surface area contributed by atoms with Gasteiger partial charge in [-0.15, -0.1) is 0 Å². The van der Waals surface area contributed by atoms with Crippen LogP contribution >= 0.6 is 11.6 Å². The maximum absolute atomic E-state index is 13.1. The Morgan fingerprint density at radius 3 is 2.53 bits per heavy atom. The zero-order valence-electron chi connectivity index (χ0n) is 9.40. The van der Waals surface area contributed by atoms with Gasteiger partial charge in [-0.3, -0.25) is 0 Å². The molecule has 0 radical (unpaired) electrons. The van der Waals surface area contributed by atoms with Crippen molar-refractivity contribution in [1.82, 2.24) is 5.32 Å². The second-order valence-corrected chi connectivity index (χ2v) is 5.08. The normalized spacial score (nSPS) is 11.8. The van der Waals surface area contributed by atoms with E-state index in [1.165, 1.54) is 6.07 Å². The molecule has 0 heterocycles. The fourth-order valence-corrected chi connectivity index (χ4v) is 1.39. The Bertz CT molecular complexity index is 331. The molecule has 0 amide bonds. The van der Waals surface area contributed by atoms with E-state index in [9.17, 15) is 4.39 Å². The summed E-state index contributed by atoms with van der Waals surface area (Å²) in [6.07, 6.45) is 0.811. The molecular formula is C12H17ClFN. The van der Waals surface area contributed by atoms with Crippen molar-refractivity contribution < 1.29 is 4.39 Å². The van der Waals surface area contributed by atoms with Crippen molar-refractivity contribution in [2.75, 3.05) is 6.54 Å². The molecule has 3 heteroatoms. The van der Waals surface area contributed by atoms with Crippen LogP contribution < -0.4 is 5.32 Å². The highest BCUT2D eigenvalue weighted by Crippen LogP contribution is 2.15. The van der Waals surface area contributed by atoms with E-state index in [0.717, 1.165) is 18.5 Å². The predicted octanol–water partition coefficient (Wildman–Crippen LogP) is 3.41. The molecular weight excluding hydrogens is 213 g/mol.